The second-order valence-electron chi connectivity index (χ2n) is 7.69. The van der Waals surface area contributed by atoms with Gasteiger partial charge in [-0.05, 0) is 37.8 Å². The fourth-order valence-electron chi connectivity index (χ4n) is 3.20. The Balaban J connectivity index is 1.41. The van der Waals surface area contributed by atoms with Crippen molar-refractivity contribution in [1.29, 1.82) is 0 Å². The number of alkyl halides is 2. The van der Waals surface area contributed by atoms with Crippen LogP contribution < -0.4 is 4.90 Å². The van der Waals surface area contributed by atoms with Crippen molar-refractivity contribution in [2.24, 2.45) is 11.8 Å². The highest BCUT2D eigenvalue weighted by atomic mass is 32.2. The van der Waals surface area contributed by atoms with Gasteiger partial charge in [0.05, 0.1) is 29.5 Å². The molecule has 28 heavy (non-hydrogen) atoms. The molecule has 0 aliphatic heterocycles. The van der Waals surface area contributed by atoms with Gasteiger partial charge in [0.1, 0.15) is 0 Å². The normalized spacial score (nSPS) is 20.2. The van der Waals surface area contributed by atoms with Crippen LogP contribution >= 0.6 is 11.8 Å². The molecule has 0 saturated heterocycles. The van der Waals surface area contributed by atoms with Gasteiger partial charge in [-0.25, -0.2) is 13.5 Å². The third-order valence-electron chi connectivity index (χ3n) is 5.25. The predicted octanol–water partition coefficient (Wildman–Crippen LogP) is 4.10. The Labute approximate surface area is 167 Å². The van der Waals surface area contributed by atoms with Gasteiger partial charge in [-0.15, -0.1) is 0 Å². The first-order valence-electron chi connectivity index (χ1n) is 9.66. The van der Waals surface area contributed by atoms with Crippen molar-refractivity contribution >= 4 is 23.4 Å². The van der Waals surface area contributed by atoms with E-state index in [1.807, 2.05) is 30.2 Å². The molecule has 2 aliphatic carbocycles. The van der Waals surface area contributed by atoms with E-state index in [0.717, 1.165) is 29.9 Å². The Bertz CT molecular complexity index is 838. The summed E-state index contributed by atoms with van der Waals surface area (Å²) >= 11 is 1.45. The molecule has 4 rings (SSSR count). The average Bonchev–Trinajstić information content (AvgIpc) is 3.57. The number of carbonyl (C=O) groups excluding carboxylic acids is 1. The third-order valence-corrected chi connectivity index (χ3v) is 6.38. The molecule has 1 atom stereocenters. The van der Waals surface area contributed by atoms with Crippen molar-refractivity contribution in [1.82, 2.24) is 14.8 Å². The van der Waals surface area contributed by atoms with Crippen molar-refractivity contribution < 1.29 is 13.6 Å². The molecular weight excluding hydrogens is 382 g/mol. The van der Waals surface area contributed by atoms with Crippen molar-refractivity contribution in [2.75, 3.05) is 23.0 Å². The Kier molecular flexibility index (Phi) is 5.40. The van der Waals surface area contributed by atoms with E-state index in [1.165, 1.54) is 11.8 Å². The summed E-state index contributed by atoms with van der Waals surface area (Å²) in [5, 5.41) is 4.55. The van der Waals surface area contributed by atoms with Gasteiger partial charge < -0.3 is 4.90 Å². The number of aromatic nitrogens is 3. The largest absolute Gasteiger partial charge is 0.309 e. The lowest BCUT2D eigenvalue weighted by atomic mass is 10.2. The van der Waals surface area contributed by atoms with E-state index < -0.39 is 11.8 Å². The second-order valence-corrected chi connectivity index (χ2v) is 8.84. The number of hydrogen-bond donors (Lipinski definition) is 0. The minimum Gasteiger partial charge on any atom is -0.309 e. The molecule has 0 radical (unpaired) electrons. The first kappa shape index (κ1) is 19.4. The van der Waals surface area contributed by atoms with Crippen LogP contribution in [0, 0.1) is 18.8 Å². The van der Waals surface area contributed by atoms with E-state index in [9.17, 15) is 13.6 Å². The van der Waals surface area contributed by atoms with E-state index >= 15 is 0 Å². The van der Waals surface area contributed by atoms with Crippen LogP contribution in [0.1, 0.15) is 31.4 Å². The van der Waals surface area contributed by atoms with Crippen LogP contribution in [0.25, 0.3) is 5.69 Å². The molecule has 1 unspecified atom stereocenters. The summed E-state index contributed by atoms with van der Waals surface area (Å²) in [6.45, 7) is 2.60. The number of pyridine rings is 1. The molecule has 2 aromatic heterocycles. The number of aryl methyl sites for hydroxylation is 1. The first-order chi connectivity index (χ1) is 13.4. The van der Waals surface area contributed by atoms with Crippen LogP contribution in [0.5, 0.6) is 0 Å². The van der Waals surface area contributed by atoms with E-state index in [1.54, 1.807) is 17.1 Å². The summed E-state index contributed by atoms with van der Waals surface area (Å²) in [6.07, 6.45) is 7.95. The fourth-order valence-corrected chi connectivity index (χ4v) is 4.33. The van der Waals surface area contributed by atoms with E-state index in [4.69, 9.17) is 0 Å². The first-order valence-corrected chi connectivity index (χ1v) is 10.8. The van der Waals surface area contributed by atoms with Gasteiger partial charge in [0.2, 0.25) is 5.91 Å². The molecule has 0 spiro atoms. The van der Waals surface area contributed by atoms with E-state index in [-0.39, 0.29) is 12.3 Å². The minimum atomic E-state index is -2.48. The standard InChI is InChI=1S/C20H24F2N4OS/c1-14-18(12-26(24-14)17-3-2-7-23-10-17)25(11-15-4-5-15)19(27)6-8-28-13-16-9-20(16,21)22/h2-3,7,10,12,15-16H,4-6,8-9,11,13H2,1H3. The van der Waals surface area contributed by atoms with Crippen molar-refractivity contribution in [3.8, 4) is 5.69 Å². The molecule has 2 fully saturated rings. The molecule has 150 valence electrons. The lowest BCUT2D eigenvalue weighted by Gasteiger charge is -2.22. The third kappa shape index (κ3) is 4.54. The van der Waals surface area contributed by atoms with Crippen molar-refractivity contribution in [3.05, 3.63) is 36.4 Å². The number of carbonyl (C=O) groups is 1. The highest BCUT2D eigenvalue weighted by Crippen LogP contribution is 2.50. The molecule has 5 nitrogen and oxygen atoms in total. The predicted molar refractivity (Wildman–Crippen MR) is 106 cm³/mol. The van der Waals surface area contributed by atoms with Gasteiger partial charge in [-0.1, -0.05) is 0 Å². The van der Waals surface area contributed by atoms with Crippen LogP contribution in [0.4, 0.5) is 14.5 Å². The maximum atomic E-state index is 13.0. The van der Waals surface area contributed by atoms with Gasteiger partial charge in [0.15, 0.2) is 0 Å². The summed E-state index contributed by atoms with van der Waals surface area (Å²) in [7, 11) is 0. The quantitative estimate of drug-likeness (QED) is 0.589. The molecule has 2 saturated carbocycles. The zero-order valence-corrected chi connectivity index (χ0v) is 16.7. The van der Waals surface area contributed by atoms with Crippen molar-refractivity contribution in [3.63, 3.8) is 0 Å². The molecule has 1 amide bonds. The van der Waals surface area contributed by atoms with E-state index in [2.05, 4.69) is 10.1 Å². The summed E-state index contributed by atoms with van der Waals surface area (Å²) in [5.74, 6) is -1.40. The molecule has 0 bridgehead atoms. The smallest absolute Gasteiger partial charge is 0.252 e. The SMILES string of the molecule is Cc1nn(-c2cccnc2)cc1N(CC1CC1)C(=O)CCSCC1CC1(F)F. The molecule has 0 N–H and O–H groups in total. The number of anilines is 1. The number of nitrogens with zero attached hydrogens (tertiary/aromatic N) is 4. The van der Waals surface area contributed by atoms with Crippen LogP contribution in [0.15, 0.2) is 30.7 Å². The monoisotopic (exact) mass is 406 g/mol. The topological polar surface area (TPSA) is 51.0 Å². The summed E-state index contributed by atoms with van der Waals surface area (Å²) in [4.78, 5) is 18.9. The Morgan fingerprint density at radius 2 is 2.21 bits per heavy atom. The summed E-state index contributed by atoms with van der Waals surface area (Å²) in [5.41, 5.74) is 2.46. The van der Waals surface area contributed by atoms with E-state index in [0.29, 0.717) is 30.4 Å². The summed E-state index contributed by atoms with van der Waals surface area (Å²) < 4.78 is 27.7. The van der Waals surface area contributed by atoms with Gasteiger partial charge in [-0.2, -0.15) is 16.9 Å². The van der Waals surface area contributed by atoms with Gasteiger partial charge in [-0.3, -0.25) is 9.78 Å². The average molecular weight is 407 g/mol. The maximum Gasteiger partial charge on any atom is 0.252 e. The fraction of sp³-hybridized carbons (Fsp3) is 0.550. The lowest BCUT2D eigenvalue weighted by molar-refractivity contribution is -0.118. The molecule has 2 aromatic rings. The van der Waals surface area contributed by atoms with Gasteiger partial charge >= 0.3 is 0 Å². The highest BCUT2D eigenvalue weighted by molar-refractivity contribution is 7.99. The van der Waals surface area contributed by atoms with Gasteiger partial charge in [0, 0.05) is 43.0 Å². The zero-order chi connectivity index (χ0) is 19.7. The lowest BCUT2D eigenvalue weighted by Crippen LogP contribution is -2.33. The summed E-state index contributed by atoms with van der Waals surface area (Å²) in [6, 6.07) is 3.76. The van der Waals surface area contributed by atoms with Gasteiger partial charge in [0.25, 0.3) is 5.92 Å². The molecule has 2 aliphatic rings. The number of rotatable bonds is 9. The molecule has 8 heteroatoms. The number of amides is 1. The number of thioether (sulfide) groups is 1. The van der Waals surface area contributed by atoms with Crippen LogP contribution in [-0.4, -0.2) is 44.6 Å². The zero-order valence-electron chi connectivity index (χ0n) is 15.9. The Morgan fingerprint density at radius 1 is 1.43 bits per heavy atom. The molecule has 2 heterocycles. The van der Waals surface area contributed by atoms with Crippen LogP contribution in [-0.2, 0) is 4.79 Å². The van der Waals surface area contributed by atoms with Crippen LogP contribution in [0.3, 0.4) is 0 Å². The second kappa shape index (κ2) is 7.81. The number of hydrogen-bond acceptors (Lipinski definition) is 4. The highest BCUT2D eigenvalue weighted by Gasteiger charge is 2.56. The van der Waals surface area contributed by atoms with Crippen LogP contribution in [0.2, 0.25) is 0 Å². The Morgan fingerprint density at radius 3 is 2.86 bits per heavy atom. The van der Waals surface area contributed by atoms with Crippen molar-refractivity contribution in [2.45, 2.75) is 38.5 Å². The molecule has 0 aromatic carbocycles. The maximum absolute atomic E-state index is 13.0. The number of halogens is 2. The molecular formula is C20H24F2N4OS. The minimum absolute atomic E-state index is 0.00548. The Hall–Kier alpha value is -1.96.